The number of rotatable bonds is 5. The molecular formula is C10H14O4S. The Morgan fingerprint density at radius 3 is 2.60 bits per heavy atom. The smallest absolute Gasteiger partial charge is 0.185 e. The highest BCUT2D eigenvalue weighted by molar-refractivity contribution is 7.91. The molecule has 0 saturated heterocycles. The summed E-state index contributed by atoms with van der Waals surface area (Å²) < 4.78 is 28.4. The van der Waals surface area contributed by atoms with Crippen molar-refractivity contribution in [2.45, 2.75) is 31.3 Å². The Labute approximate surface area is 89.2 Å². The van der Waals surface area contributed by atoms with Gasteiger partial charge >= 0.3 is 0 Å². The molecule has 0 saturated carbocycles. The summed E-state index contributed by atoms with van der Waals surface area (Å²) in [6.07, 6.45) is 1.13. The predicted octanol–water partition coefficient (Wildman–Crippen LogP) is 1.81. The lowest BCUT2D eigenvalue weighted by Gasteiger charge is -2.08. The Morgan fingerprint density at radius 1 is 1.47 bits per heavy atom. The zero-order chi connectivity index (χ0) is 11.5. The topological polar surface area (TPSA) is 64.3 Å². The van der Waals surface area contributed by atoms with E-state index < -0.39 is 9.84 Å². The van der Waals surface area contributed by atoms with E-state index >= 15 is 0 Å². The van der Waals surface area contributed by atoms with E-state index in [0.717, 1.165) is 0 Å². The summed E-state index contributed by atoms with van der Waals surface area (Å²) in [5.74, 6) is 0.331. The van der Waals surface area contributed by atoms with Gasteiger partial charge in [0.1, 0.15) is 11.5 Å². The first kappa shape index (κ1) is 12.0. The van der Waals surface area contributed by atoms with E-state index in [2.05, 4.69) is 0 Å². The number of hydrogen-bond acceptors (Lipinski definition) is 4. The highest BCUT2D eigenvalue weighted by atomic mass is 32.2. The second kappa shape index (κ2) is 4.61. The zero-order valence-electron chi connectivity index (χ0n) is 8.76. The van der Waals surface area contributed by atoms with E-state index in [9.17, 15) is 13.2 Å². The molecule has 1 unspecified atom stereocenters. The first-order valence-electron chi connectivity index (χ1n) is 4.75. The molecule has 1 aromatic rings. The van der Waals surface area contributed by atoms with E-state index in [1.165, 1.54) is 12.1 Å². The van der Waals surface area contributed by atoms with Crippen LogP contribution in [0.25, 0.3) is 0 Å². The molecule has 4 nitrogen and oxygen atoms in total. The SMILES string of the molecule is CCC(C)S(=O)(=O)Cc1ccc(C=O)o1. The van der Waals surface area contributed by atoms with Crippen LogP contribution in [0.2, 0.25) is 0 Å². The highest BCUT2D eigenvalue weighted by Gasteiger charge is 2.21. The highest BCUT2D eigenvalue weighted by Crippen LogP contribution is 2.15. The first-order chi connectivity index (χ1) is 6.99. The van der Waals surface area contributed by atoms with Gasteiger partial charge in [0.15, 0.2) is 21.9 Å². The molecule has 0 aliphatic heterocycles. The van der Waals surface area contributed by atoms with Crippen LogP contribution < -0.4 is 0 Å². The maximum absolute atomic E-state index is 11.7. The molecule has 15 heavy (non-hydrogen) atoms. The fraction of sp³-hybridized carbons (Fsp3) is 0.500. The molecule has 0 amide bonds. The molecule has 1 atom stereocenters. The molecule has 0 fully saturated rings. The van der Waals surface area contributed by atoms with Gasteiger partial charge in [0.05, 0.1) is 5.25 Å². The van der Waals surface area contributed by atoms with Crippen LogP contribution in [-0.4, -0.2) is 20.0 Å². The van der Waals surface area contributed by atoms with Crippen LogP contribution in [0.4, 0.5) is 0 Å². The van der Waals surface area contributed by atoms with Gasteiger partial charge in [-0.25, -0.2) is 8.42 Å². The molecule has 84 valence electrons. The van der Waals surface area contributed by atoms with Crippen molar-refractivity contribution in [1.29, 1.82) is 0 Å². The van der Waals surface area contributed by atoms with Gasteiger partial charge < -0.3 is 4.42 Å². The summed E-state index contributed by atoms with van der Waals surface area (Å²) >= 11 is 0. The predicted molar refractivity (Wildman–Crippen MR) is 56.5 cm³/mol. The minimum Gasteiger partial charge on any atom is -0.457 e. The van der Waals surface area contributed by atoms with Gasteiger partial charge in [0.2, 0.25) is 0 Å². The standard InChI is InChI=1S/C10H14O4S/c1-3-8(2)15(12,13)7-10-5-4-9(6-11)14-10/h4-6,8H,3,7H2,1-2H3. The Hall–Kier alpha value is -1.10. The number of carbonyl (C=O) groups is 1. The molecule has 0 aliphatic carbocycles. The molecular weight excluding hydrogens is 216 g/mol. The third kappa shape index (κ3) is 2.92. The van der Waals surface area contributed by atoms with Gasteiger partial charge in [0.25, 0.3) is 0 Å². The second-order valence-corrected chi connectivity index (χ2v) is 5.87. The minimum absolute atomic E-state index is 0.143. The molecule has 1 rings (SSSR count). The molecule has 0 N–H and O–H groups in total. The van der Waals surface area contributed by atoms with Gasteiger partial charge in [-0.1, -0.05) is 6.92 Å². The molecule has 1 aromatic heterocycles. The van der Waals surface area contributed by atoms with Crippen LogP contribution in [0.5, 0.6) is 0 Å². The summed E-state index contributed by atoms with van der Waals surface area (Å²) in [5.41, 5.74) is 0. The van der Waals surface area contributed by atoms with Gasteiger partial charge in [-0.05, 0) is 25.5 Å². The summed E-state index contributed by atoms with van der Waals surface area (Å²) in [5, 5.41) is -0.387. The normalized spacial score (nSPS) is 13.7. The van der Waals surface area contributed by atoms with Crippen LogP contribution in [0.3, 0.4) is 0 Å². The van der Waals surface area contributed by atoms with Crippen LogP contribution >= 0.6 is 0 Å². The third-order valence-electron chi connectivity index (χ3n) is 2.33. The largest absolute Gasteiger partial charge is 0.457 e. The summed E-state index contributed by atoms with van der Waals surface area (Å²) in [7, 11) is -3.17. The van der Waals surface area contributed by atoms with E-state index in [1.54, 1.807) is 6.92 Å². The maximum atomic E-state index is 11.7. The van der Waals surface area contributed by atoms with E-state index in [1.807, 2.05) is 6.92 Å². The van der Waals surface area contributed by atoms with Crippen LogP contribution in [0.1, 0.15) is 36.6 Å². The van der Waals surface area contributed by atoms with Gasteiger partial charge in [-0.15, -0.1) is 0 Å². The lowest BCUT2D eigenvalue weighted by Crippen LogP contribution is -2.18. The summed E-state index contributed by atoms with van der Waals surface area (Å²) in [6.45, 7) is 3.49. The van der Waals surface area contributed by atoms with Gasteiger partial charge in [-0.2, -0.15) is 0 Å². The fourth-order valence-electron chi connectivity index (χ4n) is 1.13. The summed E-state index contributed by atoms with van der Waals surface area (Å²) in [4.78, 5) is 10.3. The average molecular weight is 230 g/mol. The Kier molecular flexibility index (Phi) is 3.68. The second-order valence-electron chi connectivity index (χ2n) is 3.45. The van der Waals surface area contributed by atoms with Crippen molar-refractivity contribution in [2.75, 3.05) is 0 Å². The first-order valence-corrected chi connectivity index (χ1v) is 6.46. The monoisotopic (exact) mass is 230 g/mol. The van der Waals surface area contributed by atoms with E-state index in [4.69, 9.17) is 4.42 Å². The third-order valence-corrected chi connectivity index (χ3v) is 4.58. The molecule has 0 aliphatic rings. The van der Waals surface area contributed by atoms with Crippen molar-refractivity contribution in [1.82, 2.24) is 0 Å². The minimum atomic E-state index is -3.17. The van der Waals surface area contributed by atoms with Crippen LogP contribution in [0.15, 0.2) is 16.5 Å². The Morgan fingerprint density at radius 2 is 2.13 bits per heavy atom. The zero-order valence-corrected chi connectivity index (χ0v) is 9.58. The molecule has 0 spiro atoms. The van der Waals surface area contributed by atoms with Gasteiger partial charge in [0, 0.05) is 0 Å². The molecule has 1 heterocycles. The summed E-state index contributed by atoms with van der Waals surface area (Å²) in [6, 6.07) is 2.98. The molecule has 0 radical (unpaired) electrons. The van der Waals surface area contributed by atoms with Crippen molar-refractivity contribution in [2.24, 2.45) is 0 Å². The van der Waals surface area contributed by atoms with Gasteiger partial charge in [-0.3, -0.25) is 4.79 Å². The lowest BCUT2D eigenvalue weighted by atomic mass is 10.4. The van der Waals surface area contributed by atoms with Crippen molar-refractivity contribution < 1.29 is 17.6 Å². The molecule has 0 bridgehead atoms. The Bertz CT molecular complexity index is 430. The molecule has 0 aromatic carbocycles. The van der Waals surface area contributed by atoms with Crippen LogP contribution in [0, 0.1) is 0 Å². The van der Waals surface area contributed by atoms with Crippen LogP contribution in [-0.2, 0) is 15.6 Å². The number of sulfone groups is 1. The number of carbonyl (C=O) groups excluding carboxylic acids is 1. The number of hydrogen-bond donors (Lipinski definition) is 0. The van der Waals surface area contributed by atoms with E-state index in [0.29, 0.717) is 18.5 Å². The van der Waals surface area contributed by atoms with E-state index in [-0.39, 0.29) is 16.8 Å². The van der Waals surface area contributed by atoms with Crippen molar-refractivity contribution in [3.63, 3.8) is 0 Å². The van der Waals surface area contributed by atoms with Crippen molar-refractivity contribution in [3.05, 3.63) is 23.7 Å². The number of furan rings is 1. The Balaban J connectivity index is 2.81. The number of aldehydes is 1. The van der Waals surface area contributed by atoms with Crippen molar-refractivity contribution >= 4 is 16.1 Å². The molecule has 5 heteroatoms. The van der Waals surface area contributed by atoms with Crippen molar-refractivity contribution in [3.8, 4) is 0 Å². The lowest BCUT2D eigenvalue weighted by molar-refractivity contribution is 0.109. The fourth-order valence-corrected chi connectivity index (χ4v) is 2.47. The average Bonchev–Trinajstić information content (AvgIpc) is 2.63. The maximum Gasteiger partial charge on any atom is 0.185 e. The quantitative estimate of drug-likeness (QED) is 0.723.